The second-order valence-corrected chi connectivity index (χ2v) is 6.55. The van der Waals surface area contributed by atoms with E-state index in [1.807, 2.05) is 0 Å². The first-order valence-electron chi connectivity index (χ1n) is 8.75. The molecule has 0 aliphatic carbocycles. The van der Waals surface area contributed by atoms with Gasteiger partial charge in [0.2, 0.25) is 5.91 Å². The molecule has 2 fully saturated rings. The van der Waals surface area contributed by atoms with Gasteiger partial charge in [-0.1, -0.05) is 0 Å². The second kappa shape index (κ2) is 8.62. The number of nitrogens with zero attached hydrogens (tertiary/aromatic N) is 2. The fourth-order valence-corrected chi connectivity index (χ4v) is 3.24. The van der Waals surface area contributed by atoms with Crippen molar-refractivity contribution in [3.63, 3.8) is 0 Å². The van der Waals surface area contributed by atoms with E-state index in [1.165, 1.54) is 0 Å². The fraction of sp³-hybridized carbons (Fsp3) is 0.706. The highest BCUT2D eigenvalue weighted by Crippen LogP contribution is 2.15. The highest BCUT2D eigenvalue weighted by Gasteiger charge is 2.23. The number of carbonyl (C=O) groups excluding carboxylic acids is 1. The SMILES string of the molecule is O=C(CN1CCN(CC(O)c2ccco2)CC1)NCC1CCCO1. The van der Waals surface area contributed by atoms with Gasteiger partial charge in [0, 0.05) is 45.9 Å². The summed E-state index contributed by atoms with van der Waals surface area (Å²) in [6.07, 6.45) is 3.30. The normalized spacial score (nSPS) is 24.1. The predicted octanol–water partition coefficient (Wildman–Crippen LogP) is 0.226. The van der Waals surface area contributed by atoms with Crippen molar-refractivity contribution in [3.05, 3.63) is 24.2 Å². The fourth-order valence-electron chi connectivity index (χ4n) is 3.24. The minimum Gasteiger partial charge on any atom is -0.467 e. The lowest BCUT2D eigenvalue weighted by molar-refractivity contribution is -0.123. The summed E-state index contributed by atoms with van der Waals surface area (Å²) in [6.45, 7) is 5.78. The third-order valence-electron chi connectivity index (χ3n) is 4.69. The summed E-state index contributed by atoms with van der Waals surface area (Å²) in [5, 5.41) is 13.1. The van der Waals surface area contributed by atoms with Crippen LogP contribution < -0.4 is 5.32 Å². The average molecular weight is 337 g/mol. The molecule has 2 N–H and O–H groups in total. The third-order valence-corrected chi connectivity index (χ3v) is 4.69. The molecule has 0 aromatic carbocycles. The summed E-state index contributed by atoms with van der Waals surface area (Å²) < 4.78 is 10.7. The molecule has 2 aliphatic rings. The largest absolute Gasteiger partial charge is 0.467 e. The summed E-state index contributed by atoms with van der Waals surface area (Å²) in [5.74, 6) is 0.667. The topological polar surface area (TPSA) is 78.2 Å². The number of furan rings is 1. The first kappa shape index (κ1) is 17.4. The van der Waals surface area contributed by atoms with Crippen LogP contribution in [0.15, 0.2) is 22.8 Å². The molecule has 24 heavy (non-hydrogen) atoms. The monoisotopic (exact) mass is 337 g/mol. The number of rotatable bonds is 7. The van der Waals surface area contributed by atoms with Crippen LogP contribution in [-0.2, 0) is 9.53 Å². The van der Waals surface area contributed by atoms with E-state index in [1.54, 1.807) is 18.4 Å². The van der Waals surface area contributed by atoms with Gasteiger partial charge in [0.15, 0.2) is 0 Å². The Labute approximate surface area is 142 Å². The zero-order chi connectivity index (χ0) is 16.8. The van der Waals surface area contributed by atoms with Crippen LogP contribution in [-0.4, -0.2) is 79.3 Å². The van der Waals surface area contributed by atoms with Crippen LogP contribution in [0.25, 0.3) is 0 Å². The Kier molecular flexibility index (Phi) is 6.25. The van der Waals surface area contributed by atoms with Crippen molar-refractivity contribution in [2.24, 2.45) is 0 Å². The average Bonchev–Trinajstić information content (AvgIpc) is 3.28. The number of aliphatic hydroxyl groups excluding tert-OH is 1. The Bertz CT molecular complexity index is 494. The van der Waals surface area contributed by atoms with Gasteiger partial charge in [0.25, 0.3) is 0 Å². The van der Waals surface area contributed by atoms with Gasteiger partial charge in [-0.25, -0.2) is 0 Å². The lowest BCUT2D eigenvalue weighted by Gasteiger charge is -2.35. The van der Waals surface area contributed by atoms with Gasteiger partial charge < -0.3 is 19.6 Å². The van der Waals surface area contributed by atoms with Crippen LogP contribution in [0.3, 0.4) is 0 Å². The van der Waals surface area contributed by atoms with Crippen LogP contribution in [0.4, 0.5) is 0 Å². The number of amides is 1. The van der Waals surface area contributed by atoms with E-state index in [0.717, 1.165) is 45.6 Å². The zero-order valence-corrected chi connectivity index (χ0v) is 14.0. The lowest BCUT2D eigenvalue weighted by atomic mass is 10.2. The molecule has 7 nitrogen and oxygen atoms in total. The van der Waals surface area contributed by atoms with Gasteiger partial charge in [0.1, 0.15) is 11.9 Å². The van der Waals surface area contributed by atoms with E-state index in [9.17, 15) is 9.90 Å². The molecule has 0 spiro atoms. The molecule has 2 aliphatic heterocycles. The van der Waals surface area contributed by atoms with Crippen LogP contribution in [0.5, 0.6) is 0 Å². The van der Waals surface area contributed by atoms with Crippen molar-refractivity contribution in [2.75, 3.05) is 52.4 Å². The molecule has 0 saturated carbocycles. The minimum absolute atomic E-state index is 0.0644. The highest BCUT2D eigenvalue weighted by molar-refractivity contribution is 5.78. The molecule has 1 aromatic heterocycles. The van der Waals surface area contributed by atoms with E-state index in [0.29, 0.717) is 25.4 Å². The van der Waals surface area contributed by atoms with Gasteiger partial charge in [-0.05, 0) is 25.0 Å². The molecule has 1 amide bonds. The number of hydrogen-bond acceptors (Lipinski definition) is 6. The summed E-state index contributed by atoms with van der Waals surface area (Å²) in [5.41, 5.74) is 0. The van der Waals surface area contributed by atoms with Gasteiger partial charge >= 0.3 is 0 Å². The van der Waals surface area contributed by atoms with Gasteiger partial charge in [-0.3, -0.25) is 14.6 Å². The van der Waals surface area contributed by atoms with Crippen molar-refractivity contribution < 1.29 is 19.1 Å². The van der Waals surface area contributed by atoms with Crippen LogP contribution in [0.1, 0.15) is 24.7 Å². The van der Waals surface area contributed by atoms with Gasteiger partial charge in [0.05, 0.1) is 18.9 Å². The van der Waals surface area contributed by atoms with Crippen LogP contribution >= 0.6 is 0 Å². The van der Waals surface area contributed by atoms with Crippen molar-refractivity contribution >= 4 is 5.91 Å². The lowest BCUT2D eigenvalue weighted by Crippen LogP contribution is -2.50. The van der Waals surface area contributed by atoms with Crippen molar-refractivity contribution in [1.82, 2.24) is 15.1 Å². The zero-order valence-electron chi connectivity index (χ0n) is 14.0. The van der Waals surface area contributed by atoms with Crippen molar-refractivity contribution in [3.8, 4) is 0 Å². The molecule has 2 unspecified atom stereocenters. The minimum atomic E-state index is -0.596. The summed E-state index contributed by atoms with van der Waals surface area (Å²) in [4.78, 5) is 16.4. The Morgan fingerprint density at radius 2 is 2.12 bits per heavy atom. The van der Waals surface area contributed by atoms with E-state index in [4.69, 9.17) is 9.15 Å². The molecule has 7 heteroatoms. The number of carbonyl (C=O) groups is 1. The third kappa shape index (κ3) is 5.04. The first-order valence-corrected chi connectivity index (χ1v) is 8.75. The number of nitrogens with one attached hydrogen (secondary N) is 1. The van der Waals surface area contributed by atoms with E-state index in [-0.39, 0.29) is 12.0 Å². The second-order valence-electron chi connectivity index (χ2n) is 6.55. The molecule has 0 radical (unpaired) electrons. The maximum atomic E-state index is 12.0. The summed E-state index contributed by atoms with van der Waals surface area (Å²) in [7, 11) is 0. The molecule has 2 saturated heterocycles. The number of aliphatic hydroxyl groups is 1. The number of ether oxygens (including phenoxy) is 1. The summed E-state index contributed by atoms with van der Waals surface area (Å²) in [6, 6.07) is 3.57. The molecule has 2 atom stereocenters. The van der Waals surface area contributed by atoms with Gasteiger partial charge in [-0.2, -0.15) is 0 Å². The maximum Gasteiger partial charge on any atom is 0.234 e. The van der Waals surface area contributed by atoms with Crippen LogP contribution in [0.2, 0.25) is 0 Å². The molecule has 0 bridgehead atoms. The molecular weight excluding hydrogens is 310 g/mol. The molecule has 1 aromatic rings. The molecule has 134 valence electrons. The Morgan fingerprint density at radius 1 is 1.33 bits per heavy atom. The number of hydrogen-bond donors (Lipinski definition) is 2. The smallest absolute Gasteiger partial charge is 0.234 e. The van der Waals surface area contributed by atoms with E-state index < -0.39 is 6.10 Å². The maximum absolute atomic E-state index is 12.0. The van der Waals surface area contributed by atoms with Crippen molar-refractivity contribution in [1.29, 1.82) is 0 Å². The van der Waals surface area contributed by atoms with Crippen molar-refractivity contribution in [2.45, 2.75) is 25.0 Å². The predicted molar refractivity (Wildman–Crippen MR) is 88.5 cm³/mol. The molecular formula is C17H27N3O4. The standard InChI is InChI=1S/C17H27N3O4/c21-15(16-4-2-10-24-16)12-19-5-7-20(8-6-19)13-17(22)18-11-14-3-1-9-23-14/h2,4,10,14-15,21H,1,3,5-9,11-13H2,(H,18,22). The van der Waals surface area contributed by atoms with E-state index >= 15 is 0 Å². The Hall–Kier alpha value is -1.41. The Balaban J connectivity index is 1.32. The number of piperazine rings is 1. The summed E-state index contributed by atoms with van der Waals surface area (Å²) >= 11 is 0. The highest BCUT2D eigenvalue weighted by atomic mass is 16.5. The van der Waals surface area contributed by atoms with E-state index in [2.05, 4.69) is 15.1 Å². The van der Waals surface area contributed by atoms with Gasteiger partial charge in [-0.15, -0.1) is 0 Å². The molecule has 3 rings (SSSR count). The Morgan fingerprint density at radius 3 is 2.79 bits per heavy atom. The van der Waals surface area contributed by atoms with Crippen LogP contribution in [0, 0.1) is 0 Å². The number of β-amino-alcohol motifs (C(OH)–C–C–N with tert-alkyl or cyclic N) is 1. The molecule has 3 heterocycles. The first-order chi connectivity index (χ1) is 11.7. The quantitative estimate of drug-likeness (QED) is 0.741.